The number of nitrogens with zero attached hydrogens (tertiary/aromatic N) is 3. The van der Waals surface area contributed by atoms with E-state index < -0.39 is 0 Å². The molecule has 1 heterocycles. The van der Waals surface area contributed by atoms with Crippen LogP contribution in [0.25, 0.3) is 0 Å². The quantitative estimate of drug-likeness (QED) is 0.378. The van der Waals surface area contributed by atoms with E-state index in [1.54, 1.807) is 16.9 Å². The predicted octanol–water partition coefficient (Wildman–Crippen LogP) is 5.34. The molecule has 1 atom stereocenters. The molecule has 32 heavy (non-hydrogen) atoms. The van der Waals surface area contributed by atoms with E-state index in [0.29, 0.717) is 5.69 Å². The minimum atomic E-state index is -0.135. The molecule has 0 bridgehead atoms. The Hall–Kier alpha value is -2.34. The third-order valence-corrected chi connectivity index (χ3v) is 5.50. The number of aromatic nitrogens is 2. The van der Waals surface area contributed by atoms with E-state index in [-0.39, 0.29) is 18.7 Å². The lowest BCUT2D eigenvalue weighted by atomic mass is 10.1. The molecule has 2 aromatic rings. The number of unbranched alkanes of at least 4 members (excludes halogenated alkanes) is 4. The SMILES string of the molecule is CCCCCN(CCCCC)C[C@H](C)NC(=O)c1ccn(COc2cc(C)cc(C)c2)n1. The summed E-state index contributed by atoms with van der Waals surface area (Å²) in [4.78, 5) is 15.2. The molecule has 0 aliphatic carbocycles. The normalized spacial score (nSPS) is 12.2. The second kappa shape index (κ2) is 13.9. The number of rotatable bonds is 15. The van der Waals surface area contributed by atoms with Crippen molar-refractivity contribution >= 4 is 5.91 Å². The summed E-state index contributed by atoms with van der Waals surface area (Å²) in [5.41, 5.74) is 2.74. The van der Waals surface area contributed by atoms with Crippen molar-refractivity contribution in [1.29, 1.82) is 0 Å². The van der Waals surface area contributed by atoms with Crippen molar-refractivity contribution in [3.05, 3.63) is 47.3 Å². The van der Waals surface area contributed by atoms with Crippen molar-refractivity contribution in [2.75, 3.05) is 19.6 Å². The number of hydrogen-bond donors (Lipinski definition) is 1. The number of hydrogen-bond acceptors (Lipinski definition) is 4. The van der Waals surface area contributed by atoms with Crippen LogP contribution in [0.1, 0.15) is 80.9 Å². The molecule has 0 unspecified atom stereocenters. The number of benzene rings is 1. The molecule has 1 amide bonds. The molecule has 0 saturated carbocycles. The first-order valence-corrected chi connectivity index (χ1v) is 12.2. The average Bonchev–Trinajstić information content (AvgIpc) is 3.21. The second-order valence-electron chi connectivity index (χ2n) is 8.93. The van der Waals surface area contributed by atoms with Gasteiger partial charge in [0.1, 0.15) is 11.4 Å². The van der Waals surface area contributed by atoms with Crippen LogP contribution in [-0.2, 0) is 6.73 Å². The van der Waals surface area contributed by atoms with Crippen molar-refractivity contribution in [2.45, 2.75) is 85.9 Å². The Balaban J connectivity index is 1.84. The van der Waals surface area contributed by atoms with Crippen LogP contribution < -0.4 is 10.1 Å². The summed E-state index contributed by atoms with van der Waals surface area (Å²) in [5.74, 6) is 0.675. The Bertz CT molecular complexity index is 788. The molecule has 0 fully saturated rings. The lowest BCUT2D eigenvalue weighted by Crippen LogP contribution is -2.42. The summed E-state index contributed by atoms with van der Waals surface area (Å²) < 4.78 is 7.49. The summed E-state index contributed by atoms with van der Waals surface area (Å²) in [6.07, 6.45) is 9.18. The van der Waals surface area contributed by atoms with Gasteiger partial charge < -0.3 is 15.0 Å². The fourth-order valence-corrected chi connectivity index (χ4v) is 3.91. The number of nitrogens with one attached hydrogen (secondary N) is 1. The Morgan fingerprint density at radius 2 is 1.69 bits per heavy atom. The van der Waals surface area contributed by atoms with Gasteiger partial charge in [-0.25, -0.2) is 4.68 Å². The van der Waals surface area contributed by atoms with Crippen molar-refractivity contribution in [1.82, 2.24) is 20.0 Å². The summed E-state index contributed by atoms with van der Waals surface area (Å²) >= 11 is 0. The highest BCUT2D eigenvalue weighted by Gasteiger charge is 2.15. The highest BCUT2D eigenvalue weighted by molar-refractivity contribution is 5.92. The molecular formula is C26H42N4O2. The van der Waals surface area contributed by atoms with Crippen LogP contribution in [0.15, 0.2) is 30.5 Å². The van der Waals surface area contributed by atoms with Gasteiger partial charge in [-0.15, -0.1) is 0 Å². The Labute approximate surface area is 194 Å². The van der Waals surface area contributed by atoms with Crippen LogP contribution in [-0.4, -0.2) is 46.3 Å². The number of aryl methyl sites for hydroxylation is 2. The van der Waals surface area contributed by atoms with Crippen molar-refractivity contribution < 1.29 is 9.53 Å². The van der Waals surface area contributed by atoms with Gasteiger partial charge >= 0.3 is 0 Å². The van der Waals surface area contributed by atoms with Gasteiger partial charge in [0.05, 0.1) is 0 Å². The second-order valence-corrected chi connectivity index (χ2v) is 8.93. The molecular weight excluding hydrogens is 400 g/mol. The van der Waals surface area contributed by atoms with E-state index in [0.717, 1.165) is 36.5 Å². The zero-order valence-corrected chi connectivity index (χ0v) is 20.7. The first kappa shape index (κ1) is 25.9. The monoisotopic (exact) mass is 442 g/mol. The maximum Gasteiger partial charge on any atom is 0.272 e. The van der Waals surface area contributed by atoms with E-state index in [1.165, 1.54) is 38.5 Å². The van der Waals surface area contributed by atoms with Crippen LogP contribution >= 0.6 is 0 Å². The Kier molecular flexibility index (Phi) is 11.3. The first-order chi connectivity index (χ1) is 15.4. The molecule has 6 heteroatoms. The minimum absolute atomic E-state index is 0.0717. The minimum Gasteiger partial charge on any atom is -0.471 e. The third kappa shape index (κ3) is 9.43. The lowest BCUT2D eigenvalue weighted by molar-refractivity contribution is 0.0921. The van der Waals surface area contributed by atoms with Gasteiger partial charge in [-0.05, 0) is 76.0 Å². The van der Waals surface area contributed by atoms with Gasteiger partial charge in [-0.1, -0.05) is 45.6 Å². The smallest absolute Gasteiger partial charge is 0.272 e. The van der Waals surface area contributed by atoms with Gasteiger partial charge in [0.2, 0.25) is 0 Å². The Morgan fingerprint density at radius 1 is 1.06 bits per heavy atom. The molecule has 0 aliphatic rings. The molecule has 2 rings (SSSR count). The van der Waals surface area contributed by atoms with Crippen LogP contribution in [0.3, 0.4) is 0 Å². The zero-order chi connectivity index (χ0) is 23.3. The maximum atomic E-state index is 12.7. The topological polar surface area (TPSA) is 59.4 Å². The standard InChI is InChI=1S/C26H42N4O2/c1-6-8-10-13-29(14-11-9-7-2)19-23(5)27-26(31)25-12-15-30(28-25)20-32-24-17-21(3)16-22(4)18-24/h12,15-18,23H,6-11,13-14,19-20H2,1-5H3,(H,27,31)/t23-/m0/s1. The van der Waals surface area contributed by atoms with Crippen LogP contribution in [0.4, 0.5) is 0 Å². The van der Waals surface area contributed by atoms with Crippen LogP contribution in [0, 0.1) is 13.8 Å². The number of ether oxygens (including phenoxy) is 1. The average molecular weight is 443 g/mol. The fourth-order valence-electron chi connectivity index (χ4n) is 3.91. The number of carbonyl (C=O) groups excluding carboxylic acids is 1. The molecule has 0 spiro atoms. The highest BCUT2D eigenvalue weighted by atomic mass is 16.5. The predicted molar refractivity (Wildman–Crippen MR) is 131 cm³/mol. The fraction of sp³-hybridized carbons (Fsp3) is 0.615. The van der Waals surface area contributed by atoms with E-state index in [1.807, 2.05) is 26.0 Å². The van der Waals surface area contributed by atoms with Gasteiger partial charge in [0.25, 0.3) is 5.91 Å². The summed E-state index contributed by atoms with van der Waals surface area (Å²) in [6, 6.07) is 7.92. The highest BCUT2D eigenvalue weighted by Crippen LogP contribution is 2.16. The van der Waals surface area contributed by atoms with Gasteiger partial charge in [0.15, 0.2) is 6.73 Å². The van der Waals surface area contributed by atoms with Gasteiger partial charge in [-0.3, -0.25) is 4.79 Å². The molecule has 0 aliphatic heterocycles. The lowest BCUT2D eigenvalue weighted by Gasteiger charge is -2.26. The molecule has 178 valence electrons. The molecule has 6 nitrogen and oxygen atoms in total. The molecule has 0 saturated heterocycles. The molecule has 1 aromatic heterocycles. The van der Waals surface area contributed by atoms with Crippen LogP contribution in [0.2, 0.25) is 0 Å². The maximum absolute atomic E-state index is 12.7. The largest absolute Gasteiger partial charge is 0.471 e. The Morgan fingerprint density at radius 3 is 2.28 bits per heavy atom. The van der Waals surface area contributed by atoms with E-state index in [2.05, 4.69) is 42.2 Å². The first-order valence-electron chi connectivity index (χ1n) is 12.2. The number of amides is 1. The van der Waals surface area contributed by atoms with Gasteiger partial charge in [-0.2, -0.15) is 5.10 Å². The van der Waals surface area contributed by atoms with E-state index in [9.17, 15) is 4.79 Å². The molecule has 1 aromatic carbocycles. The van der Waals surface area contributed by atoms with E-state index in [4.69, 9.17) is 4.74 Å². The molecule has 1 N–H and O–H groups in total. The third-order valence-electron chi connectivity index (χ3n) is 5.50. The molecule has 0 radical (unpaired) electrons. The van der Waals surface area contributed by atoms with E-state index >= 15 is 0 Å². The van der Waals surface area contributed by atoms with Crippen LogP contribution in [0.5, 0.6) is 5.75 Å². The van der Waals surface area contributed by atoms with Crippen molar-refractivity contribution in [3.8, 4) is 5.75 Å². The van der Waals surface area contributed by atoms with Gasteiger partial charge in [0, 0.05) is 18.8 Å². The summed E-state index contributed by atoms with van der Waals surface area (Å²) in [6.45, 7) is 14.0. The zero-order valence-electron chi connectivity index (χ0n) is 20.7. The summed E-state index contributed by atoms with van der Waals surface area (Å²) in [7, 11) is 0. The number of carbonyl (C=O) groups is 1. The summed E-state index contributed by atoms with van der Waals surface area (Å²) in [5, 5.41) is 7.50. The van der Waals surface area contributed by atoms with Crippen molar-refractivity contribution in [3.63, 3.8) is 0 Å². The van der Waals surface area contributed by atoms with Crippen molar-refractivity contribution in [2.24, 2.45) is 0 Å².